The molecule has 0 aliphatic rings. The van der Waals surface area contributed by atoms with E-state index in [1.165, 1.54) is 6.33 Å². The van der Waals surface area contributed by atoms with Crippen LogP contribution < -0.4 is 21.9 Å². The number of anilines is 4. The van der Waals surface area contributed by atoms with E-state index in [9.17, 15) is 4.79 Å². The summed E-state index contributed by atoms with van der Waals surface area (Å²) in [6, 6.07) is 10.1. The van der Waals surface area contributed by atoms with Crippen molar-refractivity contribution in [3.63, 3.8) is 0 Å². The SMILES string of the molecule is Nc1c(NNC(=O)c2ccccc2Cl)ncnc1Nc1cccnc1Cl. The van der Waals surface area contributed by atoms with E-state index in [4.69, 9.17) is 28.9 Å². The summed E-state index contributed by atoms with van der Waals surface area (Å²) in [5.74, 6) is 0.0886. The van der Waals surface area contributed by atoms with Crippen LogP contribution in [0.3, 0.4) is 0 Å². The monoisotopic (exact) mass is 389 g/mol. The number of carbonyl (C=O) groups excluding carboxylic acids is 1. The zero-order chi connectivity index (χ0) is 18.5. The lowest BCUT2D eigenvalue weighted by atomic mass is 10.2. The Morgan fingerprint density at radius 2 is 1.77 bits per heavy atom. The molecule has 3 aromatic rings. The van der Waals surface area contributed by atoms with Gasteiger partial charge in [0.05, 0.1) is 16.3 Å². The van der Waals surface area contributed by atoms with Crippen LogP contribution in [-0.2, 0) is 0 Å². The van der Waals surface area contributed by atoms with Gasteiger partial charge < -0.3 is 11.1 Å². The van der Waals surface area contributed by atoms with Crippen LogP contribution in [0.15, 0.2) is 48.9 Å². The first-order valence-electron chi connectivity index (χ1n) is 7.35. The number of carbonyl (C=O) groups is 1. The van der Waals surface area contributed by atoms with E-state index in [0.29, 0.717) is 22.1 Å². The highest BCUT2D eigenvalue weighted by molar-refractivity contribution is 6.33. The van der Waals surface area contributed by atoms with Gasteiger partial charge in [-0.1, -0.05) is 35.3 Å². The van der Waals surface area contributed by atoms with Crippen LogP contribution in [0.4, 0.5) is 23.0 Å². The number of halogens is 2. The first-order valence-corrected chi connectivity index (χ1v) is 8.10. The van der Waals surface area contributed by atoms with Crippen molar-refractivity contribution in [3.8, 4) is 0 Å². The Kier molecular flexibility index (Phi) is 5.35. The van der Waals surface area contributed by atoms with Gasteiger partial charge in [0.1, 0.15) is 12.0 Å². The number of hydrazine groups is 1. The topological polar surface area (TPSA) is 118 Å². The van der Waals surface area contributed by atoms with Crippen LogP contribution in [-0.4, -0.2) is 20.9 Å². The number of hydrogen-bond acceptors (Lipinski definition) is 7. The summed E-state index contributed by atoms with van der Waals surface area (Å²) >= 11 is 12.0. The lowest BCUT2D eigenvalue weighted by Gasteiger charge is -2.13. The molecule has 0 saturated heterocycles. The lowest BCUT2D eigenvalue weighted by molar-refractivity contribution is 0.0962. The largest absolute Gasteiger partial charge is 0.393 e. The molecular weight excluding hydrogens is 377 g/mol. The Balaban J connectivity index is 1.74. The van der Waals surface area contributed by atoms with Crippen molar-refractivity contribution < 1.29 is 4.79 Å². The van der Waals surface area contributed by atoms with Gasteiger partial charge in [-0.2, -0.15) is 0 Å². The maximum atomic E-state index is 12.2. The number of benzene rings is 1. The molecule has 0 unspecified atom stereocenters. The molecule has 8 nitrogen and oxygen atoms in total. The molecule has 1 amide bonds. The van der Waals surface area contributed by atoms with Crippen molar-refractivity contribution in [2.45, 2.75) is 0 Å². The summed E-state index contributed by atoms with van der Waals surface area (Å²) in [5.41, 5.74) is 12.2. The van der Waals surface area contributed by atoms with E-state index in [0.717, 1.165) is 0 Å². The molecule has 10 heteroatoms. The van der Waals surface area contributed by atoms with Gasteiger partial charge in [-0.3, -0.25) is 15.6 Å². The van der Waals surface area contributed by atoms with Crippen molar-refractivity contribution in [3.05, 3.63) is 64.7 Å². The van der Waals surface area contributed by atoms with Crippen LogP contribution in [0.2, 0.25) is 10.2 Å². The number of hydrogen-bond donors (Lipinski definition) is 4. The van der Waals surface area contributed by atoms with Crippen LogP contribution in [0, 0.1) is 0 Å². The van der Waals surface area contributed by atoms with Crippen LogP contribution >= 0.6 is 23.2 Å². The zero-order valence-electron chi connectivity index (χ0n) is 13.2. The Labute approximate surface area is 158 Å². The number of nitrogen functional groups attached to an aromatic ring is 1. The van der Waals surface area contributed by atoms with Crippen LogP contribution in [0.1, 0.15) is 10.4 Å². The molecule has 0 fully saturated rings. The molecule has 132 valence electrons. The van der Waals surface area contributed by atoms with Crippen molar-refractivity contribution in [1.29, 1.82) is 0 Å². The van der Waals surface area contributed by atoms with Gasteiger partial charge in [0, 0.05) is 6.20 Å². The quantitative estimate of drug-likeness (QED) is 0.390. The highest BCUT2D eigenvalue weighted by Crippen LogP contribution is 2.28. The molecule has 26 heavy (non-hydrogen) atoms. The van der Waals surface area contributed by atoms with Crippen molar-refractivity contribution in [2.24, 2.45) is 0 Å². The van der Waals surface area contributed by atoms with Crippen LogP contribution in [0.25, 0.3) is 0 Å². The molecule has 0 aliphatic carbocycles. The Morgan fingerprint density at radius 3 is 2.54 bits per heavy atom. The van der Waals surface area contributed by atoms with Crippen molar-refractivity contribution in [1.82, 2.24) is 20.4 Å². The molecule has 1 aromatic carbocycles. The normalized spacial score (nSPS) is 10.2. The predicted octanol–water partition coefficient (Wildman–Crippen LogP) is 3.26. The molecule has 2 heterocycles. The molecule has 0 aliphatic heterocycles. The van der Waals surface area contributed by atoms with E-state index in [1.807, 2.05) is 0 Å². The third-order valence-electron chi connectivity index (χ3n) is 3.31. The fourth-order valence-electron chi connectivity index (χ4n) is 2.03. The summed E-state index contributed by atoms with van der Waals surface area (Å²) in [6.45, 7) is 0. The average Bonchev–Trinajstić information content (AvgIpc) is 2.64. The second-order valence-corrected chi connectivity index (χ2v) is 5.78. The molecule has 0 atom stereocenters. The van der Waals surface area contributed by atoms with Gasteiger partial charge in [0.25, 0.3) is 5.91 Å². The number of nitrogens with one attached hydrogen (secondary N) is 3. The minimum absolute atomic E-state index is 0.187. The fraction of sp³-hybridized carbons (Fsp3) is 0. The van der Waals surface area contributed by atoms with E-state index in [1.54, 1.807) is 42.6 Å². The van der Waals surface area contributed by atoms with Gasteiger partial charge >= 0.3 is 0 Å². The third kappa shape index (κ3) is 3.93. The maximum absolute atomic E-state index is 12.2. The molecule has 0 bridgehead atoms. The van der Waals surface area contributed by atoms with E-state index in [-0.39, 0.29) is 16.7 Å². The number of aromatic nitrogens is 3. The molecule has 0 radical (unpaired) electrons. The average molecular weight is 390 g/mol. The number of amides is 1. The summed E-state index contributed by atoms with van der Waals surface area (Å²) in [6.07, 6.45) is 2.85. The highest BCUT2D eigenvalue weighted by atomic mass is 35.5. The standard InChI is InChI=1S/C16H13Cl2N7O/c17-10-5-2-1-4-9(10)16(26)25-24-15-12(19)14(21-8-22-15)23-11-6-3-7-20-13(11)18/h1-8H,19H2,(H,25,26)(H2,21,22,23,24). The molecule has 0 spiro atoms. The van der Waals surface area contributed by atoms with E-state index >= 15 is 0 Å². The number of nitrogens with two attached hydrogens (primary N) is 1. The Bertz CT molecular complexity index is 951. The second-order valence-electron chi connectivity index (χ2n) is 5.01. The highest BCUT2D eigenvalue weighted by Gasteiger charge is 2.13. The number of nitrogens with zero attached hydrogens (tertiary/aromatic N) is 3. The third-order valence-corrected chi connectivity index (χ3v) is 3.94. The Hall–Kier alpha value is -3.10. The van der Waals surface area contributed by atoms with E-state index in [2.05, 4.69) is 31.1 Å². The summed E-state index contributed by atoms with van der Waals surface area (Å²) in [4.78, 5) is 24.2. The summed E-state index contributed by atoms with van der Waals surface area (Å²) < 4.78 is 0. The van der Waals surface area contributed by atoms with Gasteiger partial charge in [-0.25, -0.2) is 15.0 Å². The molecule has 5 N–H and O–H groups in total. The fourth-order valence-corrected chi connectivity index (χ4v) is 2.42. The summed E-state index contributed by atoms with van der Waals surface area (Å²) in [5, 5.41) is 3.57. The lowest BCUT2D eigenvalue weighted by Crippen LogP contribution is -2.30. The van der Waals surface area contributed by atoms with Crippen molar-refractivity contribution in [2.75, 3.05) is 16.5 Å². The Morgan fingerprint density at radius 1 is 1.00 bits per heavy atom. The smallest absolute Gasteiger partial charge is 0.271 e. The first-order chi connectivity index (χ1) is 12.6. The molecule has 0 saturated carbocycles. The van der Waals surface area contributed by atoms with Gasteiger partial charge in [0.2, 0.25) is 0 Å². The van der Waals surface area contributed by atoms with Crippen LogP contribution in [0.5, 0.6) is 0 Å². The number of rotatable bonds is 5. The number of pyridine rings is 1. The van der Waals surface area contributed by atoms with Gasteiger partial charge in [0.15, 0.2) is 16.8 Å². The molecule has 2 aromatic heterocycles. The van der Waals surface area contributed by atoms with Crippen molar-refractivity contribution >= 4 is 52.1 Å². The minimum atomic E-state index is -0.432. The van der Waals surface area contributed by atoms with Gasteiger partial charge in [-0.15, -0.1) is 0 Å². The first kappa shape index (κ1) is 17.7. The minimum Gasteiger partial charge on any atom is -0.393 e. The summed E-state index contributed by atoms with van der Waals surface area (Å²) in [7, 11) is 0. The predicted molar refractivity (Wildman–Crippen MR) is 102 cm³/mol. The maximum Gasteiger partial charge on any atom is 0.271 e. The zero-order valence-corrected chi connectivity index (χ0v) is 14.7. The molecule has 3 rings (SSSR count). The van der Waals surface area contributed by atoms with E-state index < -0.39 is 5.91 Å². The second kappa shape index (κ2) is 7.85. The molecular formula is C16H13Cl2N7O. The van der Waals surface area contributed by atoms with Gasteiger partial charge in [-0.05, 0) is 24.3 Å².